The Kier molecular flexibility index (Phi) is 7.92. The van der Waals surface area contributed by atoms with Crippen LogP contribution in [0.4, 0.5) is 41.1 Å². The van der Waals surface area contributed by atoms with Gasteiger partial charge < -0.3 is 38.2 Å². The van der Waals surface area contributed by atoms with Crippen LogP contribution >= 0.6 is 0 Å². The Bertz CT molecular complexity index is 1350. The van der Waals surface area contributed by atoms with Crippen molar-refractivity contribution < 1.29 is 46.8 Å². The highest BCUT2D eigenvalue weighted by Gasteiger charge is 2.55. The molecule has 7 rings (SSSR count). The third kappa shape index (κ3) is 5.87. The molecule has 0 spiro atoms. The van der Waals surface area contributed by atoms with Gasteiger partial charge in [0.2, 0.25) is 0 Å². The van der Waals surface area contributed by atoms with E-state index in [1.165, 1.54) is 21.9 Å². The molecule has 5 saturated heterocycles. The monoisotopic (exact) mass is 630 g/mol. The van der Waals surface area contributed by atoms with E-state index in [0.29, 0.717) is 75.4 Å². The molecule has 4 atom stereocenters. The number of cyclic esters (lactones) is 2. The number of anilines is 4. The van der Waals surface area contributed by atoms with E-state index >= 15 is 8.78 Å². The fourth-order valence-electron chi connectivity index (χ4n) is 6.57. The molecule has 0 saturated carbocycles. The molecular formula is C31H36F2N4O8. The maximum atomic E-state index is 15.1. The molecule has 5 aliphatic heterocycles. The van der Waals surface area contributed by atoms with Crippen LogP contribution in [-0.4, -0.2) is 108 Å². The van der Waals surface area contributed by atoms with Crippen LogP contribution in [0.15, 0.2) is 36.4 Å². The molecule has 0 aromatic heterocycles. The van der Waals surface area contributed by atoms with E-state index in [0.717, 1.165) is 0 Å². The minimum atomic E-state index is -1.06. The normalized spacial score (nSPS) is 28.5. The zero-order valence-corrected chi connectivity index (χ0v) is 25.2. The SMILES string of the molecule is CC1(C)O[C@H]([C@H]2CN(c3ccc(N4CCOCC4)c(F)c3)C(=O)O2)[C@@H]([C@H]2CN(c3ccc(N4CCOCC4)c(F)c3)C(=O)O2)O1. The first-order chi connectivity index (χ1) is 21.7. The van der Waals surface area contributed by atoms with Crippen molar-refractivity contribution in [3.63, 3.8) is 0 Å². The zero-order valence-electron chi connectivity index (χ0n) is 25.2. The molecular weight excluding hydrogens is 594 g/mol. The molecule has 0 bridgehead atoms. The third-order valence-electron chi connectivity index (χ3n) is 8.76. The van der Waals surface area contributed by atoms with Gasteiger partial charge in [0, 0.05) is 26.2 Å². The summed E-state index contributed by atoms with van der Waals surface area (Å²) < 4.78 is 64.8. The van der Waals surface area contributed by atoms with Crippen molar-refractivity contribution >= 4 is 34.9 Å². The summed E-state index contributed by atoms with van der Waals surface area (Å²) in [6.45, 7) is 8.02. The summed E-state index contributed by atoms with van der Waals surface area (Å²) in [4.78, 5) is 32.5. The van der Waals surface area contributed by atoms with Gasteiger partial charge in [-0.3, -0.25) is 9.80 Å². The second-order valence-electron chi connectivity index (χ2n) is 12.1. The van der Waals surface area contributed by atoms with E-state index in [4.69, 9.17) is 28.4 Å². The van der Waals surface area contributed by atoms with E-state index < -0.39 is 54.0 Å². The van der Waals surface area contributed by atoms with Gasteiger partial charge in [0.15, 0.2) is 18.0 Å². The van der Waals surface area contributed by atoms with Gasteiger partial charge in [-0.05, 0) is 50.2 Å². The van der Waals surface area contributed by atoms with Gasteiger partial charge in [0.05, 0.1) is 62.3 Å². The van der Waals surface area contributed by atoms with Crippen LogP contribution in [0.25, 0.3) is 0 Å². The highest BCUT2D eigenvalue weighted by atomic mass is 19.1. The Hall–Kier alpha value is -3.72. The first-order valence-corrected chi connectivity index (χ1v) is 15.2. The summed E-state index contributed by atoms with van der Waals surface area (Å²) in [6.07, 6.45) is -4.44. The minimum absolute atomic E-state index is 0.0778. The average molecular weight is 631 g/mol. The predicted molar refractivity (Wildman–Crippen MR) is 158 cm³/mol. The van der Waals surface area contributed by atoms with Crippen molar-refractivity contribution in [3.05, 3.63) is 48.0 Å². The number of ether oxygens (including phenoxy) is 6. The number of amides is 2. The van der Waals surface area contributed by atoms with E-state index in [1.54, 1.807) is 38.1 Å². The van der Waals surface area contributed by atoms with Crippen LogP contribution in [-0.2, 0) is 28.4 Å². The van der Waals surface area contributed by atoms with Crippen LogP contribution in [0.2, 0.25) is 0 Å². The third-order valence-corrected chi connectivity index (χ3v) is 8.76. The Morgan fingerprint density at radius 2 is 1.07 bits per heavy atom. The highest BCUT2D eigenvalue weighted by Crippen LogP contribution is 2.39. The Balaban J connectivity index is 1.05. The quantitative estimate of drug-likeness (QED) is 0.471. The summed E-state index contributed by atoms with van der Waals surface area (Å²) in [5.74, 6) is -1.96. The lowest BCUT2D eigenvalue weighted by atomic mass is 10.0. The van der Waals surface area contributed by atoms with Crippen molar-refractivity contribution in [1.29, 1.82) is 0 Å². The number of hydrogen-bond donors (Lipinski definition) is 0. The van der Waals surface area contributed by atoms with Gasteiger partial charge in [0.25, 0.3) is 0 Å². The largest absolute Gasteiger partial charge is 0.441 e. The lowest BCUT2D eigenvalue weighted by molar-refractivity contribution is -0.157. The first-order valence-electron chi connectivity index (χ1n) is 15.2. The lowest BCUT2D eigenvalue weighted by Crippen LogP contribution is -2.45. The van der Waals surface area contributed by atoms with Crippen molar-refractivity contribution in [2.24, 2.45) is 0 Å². The van der Waals surface area contributed by atoms with E-state index in [-0.39, 0.29) is 13.1 Å². The number of nitrogens with zero attached hydrogens (tertiary/aromatic N) is 4. The van der Waals surface area contributed by atoms with Gasteiger partial charge in [-0.25, -0.2) is 18.4 Å². The molecule has 0 N–H and O–H groups in total. The predicted octanol–water partition coefficient (Wildman–Crippen LogP) is 3.51. The van der Waals surface area contributed by atoms with Crippen molar-refractivity contribution in [3.8, 4) is 0 Å². The molecule has 0 aliphatic carbocycles. The maximum Gasteiger partial charge on any atom is 0.414 e. The second kappa shape index (κ2) is 11.9. The summed E-state index contributed by atoms with van der Waals surface area (Å²) in [5, 5.41) is 0. The van der Waals surface area contributed by atoms with Gasteiger partial charge in [0.1, 0.15) is 23.8 Å². The molecule has 2 amide bonds. The number of benzene rings is 2. The minimum Gasteiger partial charge on any atom is -0.441 e. The van der Waals surface area contributed by atoms with Gasteiger partial charge in [-0.1, -0.05) is 0 Å². The summed E-state index contributed by atoms with van der Waals surface area (Å²) in [6, 6.07) is 9.32. The number of carbonyl (C=O) groups excluding carboxylic acids is 2. The van der Waals surface area contributed by atoms with Crippen molar-refractivity contribution in [1.82, 2.24) is 0 Å². The van der Waals surface area contributed by atoms with Crippen LogP contribution in [0, 0.1) is 11.6 Å². The Morgan fingerprint density at radius 1 is 0.667 bits per heavy atom. The van der Waals surface area contributed by atoms with Crippen molar-refractivity contribution in [2.45, 2.75) is 44.1 Å². The summed E-state index contributed by atoms with van der Waals surface area (Å²) in [5.41, 5.74) is 1.60. The molecule has 2 aromatic carbocycles. The van der Waals surface area contributed by atoms with Crippen LogP contribution in [0.5, 0.6) is 0 Å². The van der Waals surface area contributed by atoms with Crippen LogP contribution in [0.1, 0.15) is 13.8 Å². The number of rotatable bonds is 6. The molecule has 5 fully saturated rings. The highest BCUT2D eigenvalue weighted by molar-refractivity contribution is 5.91. The zero-order chi connectivity index (χ0) is 31.3. The molecule has 0 radical (unpaired) electrons. The Morgan fingerprint density at radius 3 is 1.44 bits per heavy atom. The van der Waals surface area contributed by atoms with E-state index in [1.807, 2.05) is 9.80 Å². The maximum absolute atomic E-state index is 15.1. The molecule has 5 heterocycles. The van der Waals surface area contributed by atoms with Gasteiger partial charge in [-0.2, -0.15) is 0 Å². The second-order valence-corrected chi connectivity index (χ2v) is 12.1. The number of morpholine rings is 2. The molecule has 12 nitrogen and oxygen atoms in total. The molecule has 5 aliphatic rings. The lowest BCUT2D eigenvalue weighted by Gasteiger charge is -2.29. The molecule has 2 aromatic rings. The topological polar surface area (TPSA) is 102 Å². The molecule has 0 unspecified atom stereocenters. The van der Waals surface area contributed by atoms with E-state index in [9.17, 15) is 9.59 Å². The molecule has 45 heavy (non-hydrogen) atoms. The Labute approximate surface area is 259 Å². The fraction of sp³-hybridized carbons (Fsp3) is 0.548. The number of halogens is 2. The average Bonchev–Trinajstić information content (AvgIpc) is 3.71. The number of hydrogen-bond acceptors (Lipinski definition) is 10. The molecule has 242 valence electrons. The van der Waals surface area contributed by atoms with Gasteiger partial charge in [-0.15, -0.1) is 0 Å². The summed E-state index contributed by atoms with van der Waals surface area (Å²) in [7, 11) is 0. The van der Waals surface area contributed by atoms with Crippen LogP contribution < -0.4 is 19.6 Å². The number of carbonyl (C=O) groups is 2. The fourth-order valence-corrected chi connectivity index (χ4v) is 6.57. The van der Waals surface area contributed by atoms with E-state index in [2.05, 4.69) is 0 Å². The van der Waals surface area contributed by atoms with Crippen LogP contribution in [0.3, 0.4) is 0 Å². The summed E-state index contributed by atoms with van der Waals surface area (Å²) >= 11 is 0. The molecule has 14 heteroatoms. The smallest absolute Gasteiger partial charge is 0.414 e. The standard InChI is InChI=1S/C31H36F2N4O8/c1-31(2)44-27(25-17-36(29(38)42-25)19-3-5-23(21(32)15-19)34-7-11-40-12-8-34)28(45-31)26-18-37(30(39)43-26)20-4-6-24(22(33)16-20)35-9-13-41-14-10-35/h3-6,15-16,25-28H,7-14,17-18H2,1-2H3/t25-,26-,27-,28-/m1/s1. The van der Waals surface area contributed by atoms with Gasteiger partial charge >= 0.3 is 12.2 Å². The van der Waals surface area contributed by atoms with Crippen molar-refractivity contribution in [2.75, 3.05) is 85.3 Å². The first kappa shape index (κ1) is 30.0.